The van der Waals surface area contributed by atoms with Gasteiger partial charge in [0.15, 0.2) is 0 Å². The van der Waals surface area contributed by atoms with E-state index in [9.17, 15) is 8.42 Å². The molecular formula is C14H19NO3S. The Kier molecular flexibility index (Phi) is 4.28. The molecular weight excluding hydrogens is 262 g/mol. The zero-order chi connectivity index (χ0) is 14.8. The SMILES string of the molecule is C#CCOc1cc(C)c(S(N)(=O)=O)cc1C(C)(C)C. The van der Waals surface area contributed by atoms with Gasteiger partial charge in [-0.3, -0.25) is 0 Å². The first-order valence-corrected chi connectivity index (χ1v) is 7.36. The van der Waals surface area contributed by atoms with Gasteiger partial charge in [-0.15, -0.1) is 6.42 Å². The fourth-order valence-corrected chi connectivity index (χ4v) is 2.58. The smallest absolute Gasteiger partial charge is 0.238 e. The van der Waals surface area contributed by atoms with Crippen molar-refractivity contribution >= 4 is 10.0 Å². The second-order valence-corrected chi connectivity index (χ2v) is 6.93. The zero-order valence-corrected chi connectivity index (χ0v) is 12.5. The quantitative estimate of drug-likeness (QED) is 0.861. The van der Waals surface area contributed by atoms with Gasteiger partial charge >= 0.3 is 0 Å². The second-order valence-electron chi connectivity index (χ2n) is 5.40. The molecule has 0 aliphatic carbocycles. The molecule has 0 unspecified atom stereocenters. The standard InChI is InChI=1S/C14H19NO3S/c1-6-7-18-12-8-10(2)13(19(15,16)17)9-11(12)14(3,4)5/h1,8-9H,7H2,2-5H3,(H2,15,16,17). The average molecular weight is 281 g/mol. The average Bonchev–Trinajstić information content (AvgIpc) is 2.22. The summed E-state index contributed by atoms with van der Waals surface area (Å²) in [5.41, 5.74) is 1.02. The van der Waals surface area contributed by atoms with E-state index in [0.29, 0.717) is 11.3 Å². The van der Waals surface area contributed by atoms with Crippen molar-refractivity contribution in [3.05, 3.63) is 23.3 Å². The number of primary sulfonamides is 1. The lowest BCUT2D eigenvalue weighted by Crippen LogP contribution is -2.18. The van der Waals surface area contributed by atoms with Gasteiger partial charge in [-0.1, -0.05) is 26.7 Å². The third-order valence-electron chi connectivity index (χ3n) is 2.70. The van der Waals surface area contributed by atoms with Gasteiger partial charge in [0.2, 0.25) is 10.0 Å². The molecule has 0 atom stereocenters. The highest BCUT2D eigenvalue weighted by Gasteiger charge is 2.23. The van der Waals surface area contributed by atoms with Crippen molar-refractivity contribution in [3.63, 3.8) is 0 Å². The van der Waals surface area contributed by atoms with Crippen molar-refractivity contribution < 1.29 is 13.2 Å². The molecule has 0 aromatic heterocycles. The molecule has 0 saturated heterocycles. The molecule has 0 bridgehead atoms. The minimum Gasteiger partial charge on any atom is -0.481 e. The third-order valence-corrected chi connectivity index (χ3v) is 3.76. The molecule has 0 spiro atoms. The Morgan fingerprint density at radius 2 is 1.95 bits per heavy atom. The van der Waals surface area contributed by atoms with Gasteiger partial charge in [-0.25, -0.2) is 13.6 Å². The molecule has 0 aliphatic heterocycles. The minimum atomic E-state index is -3.75. The van der Waals surface area contributed by atoms with Crippen LogP contribution in [0.25, 0.3) is 0 Å². The van der Waals surface area contributed by atoms with Crippen molar-refractivity contribution in [1.29, 1.82) is 0 Å². The third kappa shape index (κ3) is 3.72. The predicted octanol–water partition coefficient (Wildman–Crippen LogP) is 1.95. The number of terminal acetylenes is 1. The number of rotatable bonds is 3. The van der Waals surface area contributed by atoms with Crippen LogP contribution in [0.15, 0.2) is 17.0 Å². The van der Waals surface area contributed by atoms with Gasteiger partial charge in [-0.05, 0) is 30.0 Å². The fraction of sp³-hybridized carbons (Fsp3) is 0.429. The van der Waals surface area contributed by atoms with Gasteiger partial charge in [0.1, 0.15) is 12.4 Å². The van der Waals surface area contributed by atoms with E-state index in [1.54, 1.807) is 19.1 Å². The van der Waals surface area contributed by atoms with E-state index in [1.165, 1.54) is 0 Å². The van der Waals surface area contributed by atoms with Crippen molar-refractivity contribution in [3.8, 4) is 18.1 Å². The van der Waals surface area contributed by atoms with Crippen LogP contribution >= 0.6 is 0 Å². The molecule has 19 heavy (non-hydrogen) atoms. The molecule has 1 aromatic carbocycles. The highest BCUT2D eigenvalue weighted by molar-refractivity contribution is 7.89. The lowest BCUT2D eigenvalue weighted by atomic mass is 9.86. The van der Waals surface area contributed by atoms with E-state index < -0.39 is 10.0 Å². The molecule has 104 valence electrons. The van der Waals surface area contributed by atoms with E-state index in [2.05, 4.69) is 5.92 Å². The van der Waals surface area contributed by atoms with Crippen molar-refractivity contribution in [1.82, 2.24) is 0 Å². The molecule has 1 aromatic rings. The van der Waals surface area contributed by atoms with Crippen LogP contribution in [0.3, 0.4) is 0 Å². The van der Waals surface area contributed by atoms with Crippen LogP contribution in [0.1, 0.15) is 31.9 Å². The lowest BCUT2D eigenvalue weighted by molar-refractivity contribution is 0.357. The molecule has 5 heteroatoms. The molecule has 0 amide bonds. The van der Waals surface area contributed by atoms with Crippen LogP contribution in [0.5, 0.6) is 5.75 Å². The van der Waals surface area contributed by atoms with Crippen LogP contribution in [-0.4, -0.2) is 15.0 Å². The van der Waals surface area contributed by atoms with E-state index in [0.717, 1.165) is 5.56 Å². The fourth-order valence-electron chi connectivity index (χ4n) is 1.79. The Morgan fingerprint density at radius 3 is 2.37 bits per heavy atom. The number of hydrogen-bond donors (Lipinski definition) is 1. The van der Waals surface area contributed by atoms with Crippen LogP contribution in [0.4, 0.5) is 0 Å². The first-order chi connectivity index (χ1) is 8.57. The summed E-state index contributed by atoms with van der Waals surface area (Å²) in [5, 5.41) is 5.22. The normalized spacial score (nSPS) is 12.0. The van der Waals surface area contributed by atoms with Gasteiger partial charge in [0.25, 0.3) is 0 Å². The topological polar surface area (TPSA) is 69.4 Å². The summed E-state index contributed by atoms with van der Waals surface area (Å²) in [4.78, 5) is 0.116. The first kappa shape index (κ1) is 15.5. The summed E-state index contributed by atoms with van der Waals surface area (Å²) in [6.45, 7) is 7.71. The molecule has 2 N–H and O–H groups in total. The van der Waals surface area contributed by atoms with Crippen LogP contribution in [0.2, 0.25) is 0 Å². The highest BCUT2D eigenvalue weighted by Crippen LogP contribution is 2.34. The van der Waals surface area contributed by atoms with Crippen LogP contribution in [-0.2, 0) is 15.4 Å². The summed E-state index contributed by atoms with van der Waals surface area (Å²) in [6, 6.07) is 3.23. The second kappa shape index (κ2) is 5.24. The molecule has 1 rings (SSSR count). The van der Waals surface area contributed by atoms with E-state index in [4.69, 9.17) is 16.3 Å². The number of benzene rings is 1. The highest BCUT2D eigenvalue weighted by atomic mass is 32.2. The lowest BCUT2D eigenvalue weighted by Gasteiger charge is -2.24. The summed E-state index contributed by atoms with van der Waals surface area (Å²) in [7, 11) is -3.75. The molecule has 0 radical (unpaired) electrons. The van der Waals surface area contributed by atoms with Gasteiger partial charge in [0, 0.05) is 5.56 Å². The van der Waals surface area contributed by atoms with Crippen LogP contribution in [0, 0.1) is 19.3 Å². The number of nitrogens with two attached hydrogens (primary N) is 1. The van der Waals surface area contributed by atoms with E-state index in [-0.39, 0.29) is 16.9 Å². The van der Waals surface area contributed by atoms with Crippen molar-refractivity contribution in [2.75, 3.05) is 6.61 Å². The van der Waals surface area contributed by atoms with Gasteiger partial charge in [0.05, 0.1) is 4.90 Å². The Labute approximate surface area is 115 Å². The maximum Gasteiger partial charge on any atom is 0.238 e. The molecule has 4 nitrogen and oxygen atoms in total. The van der Waals surface area contributed by atoms with Crippen molar-refractivity contribution in [2.24, 2.45) is 5.14 Å². The van der Waals surface area contributed by atoms with Gasteiger partial charge in [-0.2, -0.15) is 0 Å². The maximum absolute atomic E-state index is 11.6. The molecule has 0 saturated carbocycles. The first-order valence-electron chi connectivity index (χ1n) is 5.81. The van der Waals surface area contributed by atoms with Crippen molar-refractivity contribution in [2.45, 2.75) is 38.0 Å². The monoisotopic (exact) mass is 281 g/mol. The number of hydrogen-bond acceptors (Lipinski definition) is 3. The Bertz CT molecular complexity index is 619. The van der Waals surface area contributed by atoms with E-state index >= 15 is 0 Å². The number of sulfonamides is 1. The number of aryl methyl sites for hydroxylation is 1. The van der Waals surface area contributed by atoms with Gasteiger partial charge < -0.3 is 4.74 Å². The zero-order valence-electron chi connectivity index (χ0n) is 11.6. The van der Waals surface area contributed by atoms with E-state index in [1.807, 2.05) is 20.8 Å². The van der Waals surface area contributed by atoms with Crippen LogP contribution < -0.4 is 9.88 Å². The summed E-state index contributed by atoms with van der Waals surface area (Å²) >= 11 is 0. The minimum absolute atomic E-state index is 0.116. The number of ether oxygens (including phenoxy) is 1. The predicted molar refractivity (Wildman–Crippen MR) is 75.6 cm³/mol. The summed E-state index contributed by atoms with van der Waals surface area (Å²) in [6.07, 6.45) is 5.18. The maximum atomic E-state index is 11.6. The Balaban J connectivity index is 3.52. The molecule has 0 aliphatic rings. The molecule has 0 fully saturated rings. The summed E-state index contributed by atoms with van der Waals surface area (Å²) < 4.78 is 28.6. The Morgan fingerprint density at radius 1 is 1.37 bits per heavy atom. The Hall–Kier alpha value is -1.51. The largest absolute Gasteiger partial charge is 0.481 e. The summed E-state index contributed by atoms with van der Waals surface area (Å²) in [5.74, 6) is 2.99. The molecule has 0 heterocycles.